The number of alkyl halides is 2. The Morgan fingerprint density at radius 3 is 2.62 bits per heavy atom. The highest BCUT2D eigenvalue weighted by atomic mass is 19.3. The number of nitrogens with zero attached hydrogens (tertiary/aromatic N) is 6. The number of halogens is 2. The molecule has 0 aliphatic carbocycles. The Morgan fingerprint density at radius 1 is 1.11 bits per heavy atom. The van der Waals surface area contributed by atoms with Gasteiger partial charge in [-0.3, -0.25) is 23.9 Å². The van der Waals surface area contributed by atoms with Crippen molar-refractivity contribution in [3.63, 3.8) is 0 Å². The molecular weight excluding hydrogens is 592 g/mol. The molecular formula is C30H31F2N7O6. The lowest BCUT2D eigenvalue weighted by molar-refractivity contribution is -0.146. The van der Waals surface area contributed by atoms with E-state index in [1.807, 2.05) is 11.0 Å². The zero-order valence-electron chi connectivity index (χ0n) is 24.6. The van der Waals surface area contributed by atoms with Gasteiger partial charge in [-0.25, -0.2) is 14.8 Å². The monoisotopic (exact) mass is 623 g/mol. The highest BCUT2D eigenvalue weighted by Gasteiger charge is 2.38. The lowest BCUT2D eigenvalue weighted by Gasteiger charge is -2.35. The summed E-state index contributed by atoms with van der Waals surface area (Å²) in [6.45, 7) is 0.344. The maximum absolute atomic E-state index is 13.3. The van der Waals surface area contributed by atoms with E-state index >= 15 is 0 Å². The van der Waals surface area contributed by atoms with Crippen LogP contribution in [0.1, 0.15) is 18.1 Å². The largest absolute Gasteiger partial charge is 0.460 e. The van der Waals surface area contributed by atoms with Crippen LogP contribution in [0.2, 0.25) is 0 Å². The first-order chi connectivity index (χ1) is 21.6. The van der Waals surface area contributed by atoms with Gasteiger partial charge in [0.25, 0.3) is 5.56 Å². The standard InChI is InChI=1S/C30H31F2N7O6/c1-17(33)27(41)43-15-18-3-6-25(45-28(31)32)20(9-18)13-39-24-10-19(4-5-23(24)26(40)36(39)2)21-11-34-29(35-12-21)37-7-8-38-22(14-37)16-44-30(38)42/h3-6,9-12,17,22,28H,7-8,13-16,33H2,1-2H3/t17-,22-/m0/s1. The number of fused-ring (bicyclic) bond motifs is 2. The highest BCUT2D eigenvalue weighted by Crippen LogP contribution is 2.28. The van der Waals surface area contributed by atoms with Crippen molar-refractivity contribution in [2.24, 2.45) is 12.8 Å². The summed E-state index contributed by atoms with van der Waals surface area (Å²) in [7, 11) is 1.59. The zero-order chi connectivity index (χ0) is 31.8. The van der Waals surface area contributed by atoms with E-state index in [0.29, 0.717) is 59.8 Å². The first-order valence-electron chi connectivity index (χ1n) is 14.3. The summed E-state index contributed by atoms with van der Waals surface area (Å²) in [4.78, 5) is 49.6. The number of esters is 1. The third kappa shape index (κ3) is 6.02. The number of benzene rings is 2. The molecule has 4 aromatic rings. The minimum Gasteiger partial charge on any atom is -0.460 e. The first-order valence-corrected chi connectivity index (χ1v) is 14.3. The smallest absolute Gasteiger partial charge is 0.410 e. The van der Waals surface area contributed by atoms with E-state index in [4.69, 9.17) is 19.9 Å². The van der Waals surface area contributed by atoms with Crippen LogP contribution in [-0.2, 0) is 34.5 Å². The zero-order valence-corrected chi connectivity index (χ0v) is 24.6. The van der Waals surface area contributed by atoms with Crippen LogP contribution in [0.15, 0.2) is 53.6 Å². The van der Waals surface area contributed by atoms with Crippen LogP contribution in [0.25, 0.3) is 22.0 Å². The SMILES string of the molecule is C[C@H](N)C(=O)OCc1ccc(OC(F)F)c(Cn2c3cc(-c4cnc(N5CCN6C(=O)OC[C@@H]6C5)nc4)ccc3c(=O)n2C)c1. The molecule has 0 bridgehead atoms. The number of nitrogens with two attached hydrogens (primary N) is 1. The number of aromatic nitrogens is 4. The van der Waals surface area contributed by atoms with Crippen molar-refractivity contribution in [3.8, 4) is 16.9 Å². The Balaban J connectivity index is 1.28. The minimum absolute atomic E-state index is 0.00459. The number of hydrogen-bond donors (Lipinski definition) is 1. The average molecular weight is 624 g/mol. The molecule has 236 valence electrons. The number of hydrogen-bond acceptors (Lipinski definition) is 10. The average Bonchev–Trinajstić information content (AvgIpc) is 3.52. The molecule has 0 saturated carbocycles. The van der Waals surface area contributed by atoms with Gasteiger partial charge in [0, 0.05) is 50.2 Å². The number of amides is 1. The second-order valence-corrected chi connectivity index (χ2v) is 11.0. The second kappa shape index (κ2) is 12.1. The van der Waals surface area contributed by atoms with Crippen LogP contribution in [0.3, 0.4) is 0 Å². The fourth-order valence-electron chi connectivity index (χ4n) is 5.55. The predicted octanol–water partition coefficient (Wildman–Crippen LogP) is 2.48. The summed E-state index contributed by atoms with van der Waals surface area (Å²) in [6.07, 6.45) is 3.09. The molecule has 2 saturated heterocycles. The van der Waals surface area contributed by atoms with Gasteiger partial charge in [0.15, 0.2) is 0 Å². The molecule has 13 nitrogen and oxygen atoms in total. The van der Waals surface area contributed by atoms with E-state index in [1.165, 1.54) is 23.7 Å². The second-order valence-electron chi connectivity index (χ2n) is 11.0. The minimum atomic E-state index is -3.07. The molecule has 2 aromatic carbocycles. The molecule has 15 heteroatoms. The molecule has 45 heavy (non-hydrogen) atoms. The van der Waals surface area contributed by atoms with E-state index < -0.39 is 18.6 Å². The molecule has 2 aliphatic rings. The van der Waals surface area contributed by atoms with Gasteiger partial charge in [0.1, 0.15) is 25.0 Å². The fourth-order valence-corrected chi connectivity index (χ4v) is 5.55. The quantitative estimate of drug-likeness (QED) is 0.276. The van der Waals surface area contributed by atoms with E-state index in [2.05, 4.69) is 9.97 Å². The summed E-state index contributed by atoms with van der Waals surface area (Å²) < 4.78 is 44.7. The number of piperazine rings is 1. The van der Waals surface area contributed by atoms with Gasteiger partial charge < -0.3 is 24.8 Å². The third-order valence-corrected chi connectivity index (χ3v) is 7.95. The molecule has 6 rings (SSSR count). The summed E-state index contributed by atoms with van der Waals surface area (Å²) in [5.41, 5.74) is 8.19. The van der Waals surface area contributed by atoms with Crippen LogP contribution in [-0.4, -0.2) is 81.2 Å². The van der Waals surface area contributed by atoms with Crippen molar-refractivity contribution < 1.29 is 32.6 Å². The Labute approximate surface area is 255 Å². The summed E-state index contributed by atoms with van der Waals surface area (Å²) in [6, 6.07) is 8.95. The van der Waals surface area contributed by atoms with Gasteiger partial charge in [-0.15, -0.1) is 0 Å². The maximum Gasteiger partial charge on any atom is 0.410 e. The van der Waals surface area contributed by atoms with Crippen molar-refractivity contribution in [3.05, 3.63) is 70.3 Å². The van der Waals surface area contributed by atoms with E-state index in [1.54, 1.807) is 47.2 Å². The van der Waals surface area contributed by atoms with E-state index in [-0.39, 0.29) is 36.6 Å². The molecule has 1 amide bonds. The number of carbonyl (C=O) groups is 2. The van der Waals surface area contributed by atoms with Crippen LogP contribution in [0.5, 0.6) is 5.75 Å². The van der Waals surface area contributed by atoms with Crippen LogP contribution in [0.4, 0.5) is 19.5 Å². The lowest BCUT2D eigenvalue weighted by atomic mass is 10.1. The topological polar surface area (TPSA) is 147 Å². The summed E-state index contributed by atoms with van der Waals surface area (Å²) in [5, 5.41) is 0.434. The summed E-state index contributed by atoms with van der Waals surface area (Å²) in [5.74, 6) is -0.139. The van der Waals surface area contributed by atoms with Crippen LogP contribution in [0, 0.1) is 0 Å². The van der Waals surface area contributed by atoms with Crippen molar-refractivity contribution in [1.82, 2.24) is 24.2 Å². The van der Waals surface area contributed by atoms with E-state index in [0.717, 1.165) is 5.56 Å². The molecule has 4 heterocycles. The molecule has 2 atom stereocenters. The number of carbonyl (C=O) groups excluding carboxylic acids is 2. The van der Waals surface area contributed by atoms with Gasteiger partial charge in [0.05, 0.1) is 23.5 Å². The number of ether oxygens (including phenoxy) is 3. The van der Waals surface area contributed by atoms with Crippen molar-refractivity contribution in [2.45, 2.75) is 38.8 Å². The van der Waals surface area contributed by atoms with Crippen LogP contribution < -0.4 is 20.9 Å². The number of cyclic esters (lactones) is 1. The molecule has 2 N–H and O–H groups in total. The molecule has 0 unspecified atom stereocenters. The molecule has 2 aliphatic heterocycles. The third-order valence-electron chi connectivity index (χ3n) is 7.95. The van der Waals surface area contributed by atoms with Crippen molar-refractivity contribution >= 4 is 28.9 Å². The highest BCUT2D eigenvalue weighted by molar-refractivity contribution is 5.84. The number of rotatable bonds is 9. The Morgan fingerprint density at radius 2 is 1.89 bits per heavy atom. The molecule has 2 fully saturated rings. The predicted molar refractivity (Wildman–Crippen MR) is 158 cm³/mol. The summed E-state index contributed by atoms with van der Waals surface area (Å²) >= 11 is 0. The van der Waals surface area contributed by atoms with E-state index in [9.17, 15) is 23.2 Å². The first kappa shape index (κ1) is 30.0. The van der Waals surface area contributed by atoms with Gasteiger partial charge in [-0.1, -0.05) is 12.1 Å². The molecule has 2 aromatic heterocycles. The Kier molecular flexibility index (Phi) is 8.10. The van der Waals surface area contributed by atoms with Gasteiger partial charge in [-0.2, -0.15) is 8.78 Å². The Bertz CT molecular complexity index is 1810. The fraction of sp³-hybridized carbons (Fsp3) is 0.367. The number of anilines is 1. The van der Waals surface area contributed by atoms with Gasteiger partial charge in [-0.05, 0) is 42.3 Å². The van der Waals surface area contributed by atoms with Crippen LogP contribution >= 0.6 is 0 Å². The van der Waals surface area contributed by atoms with Crippen molar-refractivity contribution in [1.29, 1.82) is 0 Å². The lowest BCUT2D eigenvalue weighted by Crippen LogP contribution is -2.52. The van der Waals surface area contributed by atoms with Gasteiger partial charge >= 0.3 is 18.7 Å². The maximum atomic E-state index is 13.3. The Hall–Kier alpha value is -5.05. The normalized spacial score (nSPS) is 17.0. The molecule has 0 spiro atoms. The van der Waals surface area contributed by atoms with Gasteiger partial charge in [0.2, 0.25) is 5.95 Å². The van der Waals surface area contributed by atoms with Crippen molar-refractivity contribution in [2.75, 3.05) is 31.1 Å². The molecule has 0 radical (unpaired) electrons.